The van der Waals surface area contributed by atoms with Crippen molar-refractivity contribution in [3.05, 3.63) is 52.6 Å². The smallest absolute Gasteiger partial charge is 0.231 e. The van der Waals surface area contributed by atoms with Crippen LogP contribution in [0.25, 0.3) is 0 Å². The summed E-state index contributed by atoms with van der Waals surface area (Å²) in [6.07, 6.45) is 1.01. The van der Waals surface area contributed by atoms with E-state index in [1.807, 2.05) is 6.07 Å². The molecular weight excluding hydrogens is 278 g/mol. The van der Waals surface area contributed by atoms with Crippen LogP contribution in [0.1, 0.15) is 28.3 Å². The van der Waals surface area contributed by atoms with Crippen molar-refractivity contribution in [2.45, 2.75) is 19.4 Å². The molecule has 0 aliphatic carbocycles. The van der Waals surface area contributed by atoms with Gasteiger partial charge in [0.25, 0.3) is 0 Å². The van der Waals surface area contributed by atoms with Crippen LogP contribution in [0, 0.1) is 6.92 Å². The highest BCUT2D eigenvalue weighted by Crippen LogP contribution is 2.40. The summed E-state index contributed by atoms with van der Waals surface area (Å²) in [5.41, 5.74) is 5.01. The van der Waals surface area contributed by atoms with E-state index in [2.05, 4.69) is 36.5 Å². The van der Waals surface area contributed by atoms with Crippen LogP contribution in [-0.2, 0) is 6.42 Å². The van der Waals surface area contributed by atoms with Crippen molar-refractivity contribution in [1.29, 1.82) is 0 Å². The van der Waals surface area contributed by atoms with E-state index >= 15 is 0 Å². The Kier molecular flexibility index (Phi) is 3.19. The Hall–Kier alpha value is -2.20. The van der Waals surface area contributed by atoms with Crippen molar-refractivity contribution < 1.29 is 14.2 Å². The maximum Gasteiger partial charge on any atom is 0.231 e. The van der Waals surface area contributed by atoms with Crippen molar-refractivity contribution in [3.8, 4) is 17.2 Å². The molecule has 1 atom stereocenters. The fourth-order valence-electron chi connectivity index (χ4n) is 3.32. The van der Waals surface area contributed by atoms with Gasteiger partial charge in [-0.25, -0.2) is 0 Å². The summed E-state index contributed by atoms with van der Waals surface area (Å²) in [7, 11) is 1.71. The van der Waals surface area contributed by atoms with Crippen LogP contribution in [-0.4, -0.2) is 20.4 Å². The SMILES string of the molecule is COc1ccc(C2NCCc3cc4c(cc32)OCO4)cc1C. The molecule has 2 aromatic rings. The van der Waals surface area contributed by atoms with E-state index in [1.54, 1.807) is 7.11 Å². The van der Waals surface area contributed by atoms with Gasteiger partial charge in [0.05, 0.1) is 13.2 Å². The lowest BCUT2D eigenvalue weighted by molar-refractivity contribution is 0.174. The molecule has 0 amide bonds. The number of methoxy groups -OCH3 is 1. The number of hydrogen-bond acceptors (Lipinski definition) is 4. The largest absolute Gasteiger partial charge is 0.496 e. The Balaban J connectivity index is 1.77. The maximum absolute atomic E-state index is 5.54. The molecule has 4 heteroatoms. The molecule has 4 nitrogen and oxygen atoms in total. The molecule has 1 unspecified atom stereocenters. The molecule has 2 heterocycles. The van der Waals surface area contributed by atoms with E-state index in [0.29, 0.717) is 6.79 Å². The first-order valence-corrected chi connectivity index (χ1v) is 7.56. The van der Waals surface area contributed by atoms with E-state index in [1.165, 1.54) is 16.7 Å². The van der Waals surface area contributed by atoms with Gasteiger partial charge >= 0.3 is 0 Å². The highest BCUT2D eigenvalue weighted by atomic mass is 16.7. The van der Waals surface area contributed by atoms with Gasteiger partial charge in [-0.2, -0.15) is 0 Å². The van der Waals surface area contributed by atoms with Crippen molar-refractivity contribution >= 4 is 0 Å². The fraction of sp³-hybridized carbons (Fsp3) is 0.333. The number of benzene rings is 2. The number of aryl methyl sites for hydroxylation is 1. The molecule has 0 saturated heterocycles. The third-order valence-corrected chi connectivity index (χ3v) is 4.44. The number of rotatable bonds is 2. The third-order valence-electron chi connectivity index (χ3n) is 4.44. The Labute approximate surface area is 130 Å². The lowest BCUT2D eigenvalue weighted by Crippen LogP contribution is -2.30. The van der Waals surface area contributed by atoms with Crippen LogP contribution >= 0.6 is 0 Å². The number of ether oxygens (including phenoxy) is 3. The quantitative estimate of drug-likeness (QED) is 0.925. The molecular formula is C18H19NO3. The van der Waals surface area contributed by atoms with E-state index in [-0.39, 0.29) is 6.04 Å². The van der Waals surface area contributed by atoms with Gasteiger partial charge in [0.1, 0.15) is 5.75 Å². The van der Waals surface area contributed by atoms with Gasteiger partial charge in [-0.3, -0.25) is 0 Å². The Morgan fingerprint density at radius 1 is 1.14 bits per heavy atom. The van der Waals surface area contributed by atoms with Crippen molar-refractivity contribution in [2.24, 2.45) is 0 Å². The summed E-state index contributed by atoms with van der Waals surface area (Å²) >= 11 is 0. The van der Waals surface area contributed by atoms with Gasteiger partial charge in [0, 0.05) is 6.54 Å². The monoisotopic (exact) mass is 297 g/mol. The summed E-state index contributed by atoms with van der Waals surface area (Å²) in [6.45, 7) is 3.35. The van der Waals surface area contributed by atoms with Crippen LogP contribution in [0.5, 0.6) is 17.2 Å². The summed E-state index contributed by atoms with van der Waals surface area (Å²) in [6, 6.07) is 10.8. The molecule has 22 heavy (non-hydrogen) atoms. The number of fused-ring (bicyclic) bond motifs is 2. The van der Waals surface area contributed by atoms with Crippen LogP contribution in [0.4, 0.5) is 0 Å². The molecule has 0 bridgehead atoms. The number of nitrogens with one attached hydrogen (secondary N) is 1. The van der Waals surface area contributed by atoms with Gasteiger partial charge in [-0.15, -0.1) is 0 Å². The molecule has 4 rings (SSSR count). The molecule has 114 valence electrons. The lowest BCUT2D eigenvalue weighted by atomic mass is 9.89. The minimum Gasteiger partial charge on any atom is -0.496 e. The van der Waals surface area contributed by atoms with E-state index in [9.17, 15) is 0 Å². The molecule has 2 aromatic carbocycles. The number of hydrogen-bond donors (Lipinski definition) is 1. The second-order valence-electron chi connectivity index (χ2n) is 5.77. The Morgan fingerprint density at radius 2 is 1.95 bits per heavy atom. The normalized spacial score (nSPS) is 18.9. The van der Waals surface area contributed by atoms with Crippen LogP contribution in [0.2, 0.25) is 0 Å². The van der Waals surface area contributed by atoms with E-state index < -0.39 is 0 Å². The highest BCUT2D eigenvalue weighted by molar-refractivity contribution is 5.53. The minimum atomic E-state index is 0.183. The average Bonchev–Trinajstić information content (AvgIpc) is 2.99. The van der Waals surface area contributed by atoms with Gasteiger partial charge in [0.2, 0.25) is 6.79 Å². The molecule has 0 aromatic heterocycles. The second kappa shape index (κ2) is 5.21. The first-order chi connectivity index (χ1) is 10.8. The van der Waals surface area contributed by atoms with Crippen molar-refractivity contribution in [1.82, 2.24) is 5.32 Å². The molecule has 0 fully saturated rings. The molecule has 2 aliphatic heterocycles. The zero-order chi connectivity index (χ0) is 15.1. The fourth-order valence-corrected chi connectivity index (χ4v) is 3.32. The van der Waals surface area contributed by atoms with Crippen molar-refractivity contribution in [3.63, 3.8) is 0 Å². The zero-order valence-electron chi connectivity index (χ0n) is 12.8. The molecule has 0 spiro atoms. The van der Waals surface area contributed by atoms with Crippen LogP contribution in [0.3, 0.4) is 0 Å². The molecule has 0 saturated carbocycles. The van der Waals surface area contributed by atoms with E-state index in [4.69, 9.17) is 14.2 Å². The predicted molar refractivity (Wildman–Crippen MR) is 83.8 cm³/mol. The lowest BCUT2D eigenvalue weighted by Gasteiger charge is -2.28. The first-order valence-electron chi connectivity index (χ1n) is 7.56. The summed E-state index contributed by atoms with van der Waals surface area (Å²) in [4.78, 5) is 0. The minimum absolute atomic E-state index is 0.183. The van der Waals surface area contributed by atoms with E-state index in [0.717, 1.165) is 35.8 Å². The first kappa shape index (κ1) is 13.5. The maximum atomic E-state index is 5.54. The van der Waals surface area contributed by atoms with Crippen molar-refractivity contribution in [2.75, 3.05) is 20.4 Å². The van der Waals surface area contributed by atoms with Gasteiger partial charge in [0.15, 0.2) is 11.5 Å². The topological polar surface area (TPSA) is 39.7 Å². The third kappa shape index (κ3) is 2.11. The molecule has 2 aliphatic rings. The Morgan fingerprint density at radius 3 is 2.73 bits per heavy atom. The second-order valence-corrected chi connectivity index (χ2v) is 5.77. The van der Waals surface area contributed by atoms with Crippen LogP contribution in [0.15, 0.2) is 30.3 Å². The summed E-state index contributed by atoms with van der Waals surface area (Å²) in [5, 5.41) is 3.61. The molecule has 1 N–H and O–H groups in total. The zero-order valence-corrected chi connectivity index (χ0v) is 12.8. The van der Waals surface area contributed by atoms with Gasteiger partial charge in [-0.05, 0) is 53.8 Å². The van der Waals surface area contributed by atoms with Gasteiger partial charge < -0.3 is 19.5 Å². The molecule has 0 radical (unpaired) electrons. The summed E-state index contributed by atoms with van der Waals surface area (Å²) in [5.74, 6) is 2.63. The van der Waals surface area contributed by atoms with Crippen LogP contribution < -0.4 is 19.5 Å². The summed E-state index contributed by atoms with van der Waals surface area (Å²) < 4.78 is 16.4. The average molecular weight is 297 g/mol. The predicted octanol–water partition coefficient (Wildman–Crippen LogP) is 2.97. The standard InChI is InChI=1S/C18H19NO3/c1-11-7-13(3-4-15(11)20-2)18-14-9-17-16(21-10-22-17)8-12(14)5-6-19-18/h3-4,7-9,18-19H,5-6,10H2,1-2H3. The van der Waals surface area contributed by atoms with Gasteiger partial charge in [-0.1, -0.05) is 12.1 Å². The highest BCUT2D eigenvalue weighted by Gasteiger charge is 2.26. The Bertz CT molecular complexity index is 727.